The Balaban J connectivity index is 2.77. The lowest BCUT2D eigenvalue weighted by Gasteiger charge is -2.12. The molecule has 0 saturated carbocycles. The normalized spacial score (nSPS) is 11.4. The average molecular weight is 205 g/mol. The molecule has 2 N–H and O–H groups in total. The van der Waals surface area contributed by atoms with Crippen LogP contribution < -0.4 is 10.5 Å². The standard InChI is InChI=1S/C9H10F3NO/c1-6-3-2-4-7(13)8(6)14-5-9(10,11)12/h2-4H,5,13H2,1H3. The molecule has 0 saturated heterocycles. The lowest BCUT2D eigenvalue weighted by atomic mass is 10.2. The summed E-state index contributed by atoms with van der Waals surface area (Å²) in [5.74, 6) is 0.102. The predicted molar refractivity (Wildman–Crippen MR) is 47.1 cm³/mol. The molecule has 0 spiro atoms. The van der Waals surface area contributed by atoms with Gasteiger partial charge in [-0.2, -0.15) is 13.2 Å². The van der Waals surface area contributed by atoms with E-state index in [0.29, 0.717) is 5.56 Å². The molecule has 0 amide bonds. The van der Waals surface area contributed by atoms with Gasteiger partial charge in [0, 0.05) is 0 Å². The van der Waals surface area contributed by atoms with Gasteiger partial charge in [0.25, 0.3) is 0 Å². The minimum atomic E-state index is -4.34. The summed E-state index contributed by atoms with van der Waals surface area (Å²) in [6.45, 7) is 0.324. The molecule has 1 aromatic rings. The second kappa shape index (κ2) is 3.77. The van der Waals surface area contributed by atoms with E-state index in [1.807, 2.05) is 0 Å². The molecule has 1 aromatic carbocycles. The number of hydrogen-bond donors (Lipinski definition) is 1. The third-order valence-electron chi connectivity index (χ3n) is 1.62. The van der Waals surface area contributed by atoms with E-state index in [1.54, 1.807) is 19.1 Å². The van der Waals surface area contributed by atoms with Crippen molar-refractivity contribution in [3.63, 3.8) is 0 Å². The Labute approximate surface area is 79.5 Å². The van der Waals surface area contributed by atoms with Crippen molar-refractivity contribution in [2.24, 2.45) is 0 Å². The van der Waals surface area contributed by atoms with E-state index in [2.05, 4.69) is 4.74 Å². The second-order valence-electron chi connectivity index (χ2n) is 2.90. The number of aryl methyl sites for hydroxylation is 1. The molecule has 0 fully saturated rings. The molecule has 0 atom stereocenters. The van der Waals surface area contributed by atoms with E-state index < -0.39 is 12.8 Å². The Bertz CT molecular complexity index is 302. The SMILES string of the molecule is Cc1cccc(N)c1OCC(F)(F)F. The minimum absolute atomic E-state index is 0.102. The van der Waals surface area contributed by atoms with Crippen LogP contribution in [0.1, 0.15) is 5.56 Å². The lowest BCUT2D eigenvalue weighted by molar-refractivity contribution is -0.153. The molecule has 78 valence electrons. The summed E-state index contributed by atoms with van der Waals surface area (Å²) >= 11 is 0. The summed E-state index contributed by atoms with van der Waals surface area (Å²) in [5, 5.41) is 0. The highest BCUT2D eigenvalue weighted by molar-refractivity contribution is 5.56. The van der Waals surface area contributed by atoms with E-state index in [9.17, 15) is 13.2 Å². The van der Waals surface area contributed by atoms with Gasteiger partial charge in [0.2, 0.25) is 0 Å². The summed E-state index contributed by atoms with van der Waals surface area (Å²) in [5.41, 5.74) is 6.27. The molecule has 0 radical (unpaired) electrons. The summed E-state index contributed by atoms with van der Waals surface area (Å²) in [4.78, 5) is 0. The van der Waals surface area contributed by atoms with Gasteiger partial charge in [-0.3, -0.25) is 0 Å². The third kappa shape index (κ3) is 2.83. The van der Waals surface area contributed by atoms with E-state index in [0.717, 1.165) is 0 Å². The maximum Gasteiger partial charge on any atom is 0.422 e. The molecule has 5 heteroatoms. The first-order chi connectivity index (χ1) is 6.40. The predicted octanol–water partition coefficient (Wildman–Crippen LogP) is 2.52. The summed E-state index contributed by atoms with van der Waals surface area (Å²) in [7, 11) is 0. The first-order valence-electron chi connectivity index (χ1n) is 3.95. The van der Waals surface area contributed by atoms with Gasteiger partial charge in [-0.1, -0.05) is 12.1 Å². The fourth-order valence-electron chi connectivity index (χ4n) is 1.03. The number of halogens is 3. The molecule has 14 heavy (non-hydrogen) atoms. The monoisotopic (exact) mass is 205 g/mol. The van der Waals surface area contributed by atoms with Gasteiger partial charge in [0.15, 0.2) is 6.61 Å². The Morgan fingerprint density at radius 3 is 2.50 bits per heavy atom. The Morgan fingerprint density at radius 2 is 2.00 bits per heavy atom. The average Bonchev–Trinajstić information content (AvgIpc) is 2.01. The first-order valence-corrected chi connectivity index (χ1v) is 3.95. The number of ether oxygens (including phenoxy) is 1. The van der Waals surface area contributed by atoms with Crippen LogP contribution in [0, 0.1) is 6.92 Å². The summed E-state index contributed by atoms with van der Waals surface area (Å²) in [6, 6.07) is 4.80. The third-order valence-corrected chi connectivity index (χ3v) is 1.62. The van der Waals surface area contributed by atoms with Gasteiger partial charge in [0.1, 0.15) is 5.75 Å². The number of hydrogen-bond acceptors (Lipinski definition) is 2. The highest BCUT2D eigenvalue weighted by Gasteiger charge is 2.28. The molecule has 1 rings (SSSR count). The smallest absolute Gasteiger partial charge is 0.422 e. The molecule has 0 aliphatic carbocycles. The Kier molecular flexibility index (Phi) is 2.88. The van der Waals surface area contributed by atoms with Crippen molar-refractivity contribution in [1.29, 1.82) is 0 Å². The molecule has 0 heterocycles. The number of anilines is 1. The van der Waals surface area contributed by atoms with Gasteiger partial charge < -0.3 is 10.5 Å². The first kappa shape index (κ1) is 10.7. The number of nitrogens with two attached hydrogens (primary N) is 1. The highest BCUT2D eigenvalue weighted by Crippen LogP contribution is 2.27. The lowest BCUT2D eigenvalue weighted by Crippen LogP contribution is -2.20. The van der Waals surface area contributed by atoms with Crippen LogP contribution in [-0.4, -0.2) is 12.8 Å². The molecular weight excluding hydrogens is 195 g/mol. The molecule has 0 unspecified atom stereocenters. The molecule has 2 nitrogen and oxygen atoms in total. The number of nitrogen functional groups attached to an aromatic ring is 1. The van der Waals surface area contributed by atoms with Crippen molar-refractivity contribution < 1.29 is 17.9 Å². The van der Waals surface area contributed by atoms with Crippen LogP contribution in [0.2, 0.25) is 0 Å². The van der Waals surface area contributed by atoms with Gasteiger partial charge >= 0.3 is 6.18 Å². The molecular formula is C9H10F3NO. The Hall–Kier alpha value is -1.39. The van der Waals surface area contributed by atoms with Crippen molar-refractivity contribution in [2.45, 2.75) is 13.1 Å². The highest BCUT2D eigenvalue weighted by atomic mass is 19.4. The maximum absolute atomic E-state index is 11.8. The van der Waals surface area contributed by atoms with Crippen LogP contribution in [0.3, 0.4) is 0 Å². The maximum atomic E-state index is 11.8. The quantitative estimate of drug-likeness (QED) is 0.753. The number of para-hydroxylation sites is 1. The number of alkyl halides is 3. The van der Waals surface area contributed by atoms with Crippen molar-refractivity contribution in [3.8, 4) is 5.75 Å². The van der Waals surface area contributed by atoms with E-state index in [-0.39, 0.29) is 11.4 Å². The summed E-state index contributed by atoms with van der Waals surface area (Å²) in [6.07, 6.45) is -4.34. The largest absolute Gasteiger partial charge is 0.482 e. The van der Waals surface area contributed by atoms with E-state index >= 15 is 0 Å². The van der Waals surface area contributed by atoms with Crippen molar-refractivity contribution in [2.75, 3.05) is 12.3 Å². The van der Waals surface area contributed by atoms with Crippen molar-refractivity contribution in [3.05, 3.63) is 23.8 Å². The fourth-order valence-corrected chi connectivity index (χ4v) is 1.03. The summed E-state index contributed by atoms with van der Waals surface area (Å²) < 4.78 is 40.1. The number of rotatable bonds is 2. The molecule has 0 bridgehead atoms. The zero-order valence-corrected chi connectivity index (χ0v) is 7.56. The van der Waals surface area contributed by atoms with Gasteiger partial charge in [0.05, 0.1) is 5.69 Å². The van der Waals surface area contributed by atoms with Crippen LogP contribution in [0.4, 0.5) is 18.9 Å². The topological polar surface area (TPSA) is 35.2 Å². The van der Waals surface area contributed by atoms with Gasteiger partial charge in [-0.05, 0) is 18.6 Å². The van der Waals surface area contributed by atoms with Crippen LogP contribution >= 0.6 is 0 Å². The molecule has 0 aliphatic rings. The van der Waals surface area contributed by atoms with Gasteiger partial charge in [-0.15, -0.1) is 0 Å². The van der Waals surface area contributed by atoms with Gasteiger partial charge in [-0.25, -0.2) is 0 Å². The van der Waals surface area contributed by atoms with Crippen LogP contribution in [-0.2, 0) is 0 Å². The minimum Gasteiger partial charge on any atom is -0.482 e. The number of benzene rings is 1. The van der Waals surface area contributed by atoms with Crippen LogP contribution in [0.5, 0.6) is 5.75 Å². The fraction of sp³-hybridized carbons (Fsp3) is 0.333. The van der Waals surface area contributed by atoms with E-state index in [4.69, 9.17) is 5.73 Å². The Morgan fingerprint density at radius 1 is 1.36 bits per heavy atom. The second-order valence-corrected chi connectivity index (χ2v) is 2.90. The van der Waals surface area contributed by atoms with Crippen LogP contribution in [0.15, 0.2) is 18.2 Å². The van der Waals surface area contributed by atoms with Crippen molar-refractivity contribution in [1.82, 2.24) is 0 Å². The van der Waals surface area contributed by atoms with E-state index in [1.165, 1.54) is 6.07 Å². The molecule has 0 aromatic heterocycles. The zero-order valence-electron chi connectivity index (χ0n) is 7.56. The van der Waals surface area contributed by atoms with Crippen molar-refractivity contribution >= 4 is 5.69 Å². The molecule has 0 aliphatic heterocycles. The zero-order chi connectivity index (χ0) is 10.8. The van der Waals surface area contributed by atoms with Crippen LogP contribution in [0.25, 0.3) is 0 Å².